The molecule has 2 aromatic carbocycles. The van der Waals surface area contributed by atoms with Gasteiger partial charge in [-0.05, 0) is 63.3 Å². The number of ether oxygens (including phenoxy) is 1. The molecule has 0 aromatic heterocycles. The molecule has 4 N–H and O–H groups in total. The highest BCUT2D eigenvalue weighted by Crippen LogP contribution is 2.25. The number of alkyl carbamates (subject to hydrolysis) is 1. The monoisotopic (exact) mass is 658 g/mol. The zero-order chi connectivity index (χ0) is 35.1. The Morgan fingerprint density at radius 3 is 2.23 bits per heavy atom. The van der Waals surface area contributed by atoms with Crippen molar-refractivity contribution in [3.05, 3.63) is 65.7 Å². The second-order valence-electron chi connectivity index (χ2n) is 12.6. The minimum absolute atomic E-state index is 0.140. The van der Waals surface area contributed by atoms with E-state index in [9.17, 15) is 28.8 Å². The Bertz CT molecular complexity index is 1490. The minimum Gasteiger partial charge on any atom is -0.478 e. The van der Waals surface area contributed by atoms with E-state index in [0.29, 0.717) is 12.0 Å². The third-order valence-corrected chi connectivity index (χ3v) is 7.32. The fourth-order valence-electron chi connectivity index (χ4n) is 5.03. The van der Waals surface area contributed by atoms with Crippen molar-refractivity contribution in [2.75, 3.05) is 11.9 Å². The van der Waals surface area contributed by atoms with Crippen LogP contribution in [0.5, 0.6) is 0 Å². The van der Waals surface area contributed by atoms with Gasteiger partial charge in [0.1, 0.15) is 17.7 Å². The van der Waals surface area contributed by atoms with Crippen molar-refractivity contribution in [1.29, 1.82) is 0 Å². The molecule has 0 bridgehead atoms. The third-order valence-electron chi connectivity index (χ3n) is 7.32. The van der Waals surface area contributed by atoms with Gasteiger partial charge in [0, 0.05) is 18.7 Å². The third kappa shape index (κ3) is 9.80. The number of likely N-dealkylation sites (tertiary alicyclic amines) is 1. The summed E-state index contributed by atoms with van der Waals surface area (Å²) in [6.45, 7) is 8.53. The van der Waals surface area contributed by atoms with E-state index in [1.165, 1.54) is 23.1 Å². The number of alkyl halides is 2. The van der Waals surface area contributed by atoms with Gasteiger partial charge in [0.05, 0.1) is 11.6 Å². The van der Waals surface area contributed by atoms with Crippen LogP contribution in [0.15, 0.2) is 54.6 Å². The number of ketones is 1. The number of anilines is 1. The maximum absolute atomic E-state index is 15.4. The molecule has 0 saturated carbocycles. The molecular formula is C33H40F2N4O8. The van der Waals surface area contributed by atoms with Gasteiger partial charge < -0.3 is 30.7 Å². The molecule has 1 aliphatic rings. The Kier molecular flexibility index (Phi) is 11.8. The van der Waals surface area contributed by atoms with Gasteiger partial charge in [-0.2, -0.15) is 8.78 Å². The smallest absolute Gasteiger partial charge is 0.408 e. The summed E-state index contributed by atoms with van der Waals surface area (Å²) in [5, 5.41) is 15.9. The van der Waals surface area contributed by atoms with Crippen LogP contribution in [0.2, 0.25) is 0 Å². The molecule has 3 rings (SSSR count). The number of nitrogens with zero attached hydrogens (tertiary/aromatic N) is 1. The molecule has 4 amide bonds. The summed E-state index contributed by atoms with van der Waals surface area (Å²) in [5.41, 5.74) is -0.960. The van der Waals surface area contributed by atoms with Crippen molar-refractivity contribution < 1.29 is 47.4 Å². The van der Waals surface area contributed by atoms with Gasteiger partial charge in [0.15, 0.2) is 0 Å². The average Bonchev–Trinajstić information content (AvgIpc) is 3.49. The highest BCUT2D eigenvalue weighted by molar-refractivity contribution is 6.15. The molecule has 1 heterocycles. The van der Waals surface area contributed by atoms with E-state index in [4.69, 9.17) is 9.84 Å². The molecule has 0 aliphatic carbocycles. The number of nitrogens with one attached hydrogen (secondary N) is 3. The van der Waals surface area contributed by atoms with E-state index in [-0.39, 0.29) is 24.2 Å². The molecule has 254 valence electrons. The van der Waals surface area contributed by atoms with Gasteiger partial charge in [-0.25, -0.2) is 9.59 Å². The molecule has 12 nitrogen and oxygen atoms in total. The van der Waals surface area contributed by atoms with E-state index < -0.39 is 77.6 Å². The lowest BCUT2D eigenvalue weighted by atomic mass is 9.97. The number of halogens is 2. The summed E-state index contributed by atoms with van der Waals surface area (Å²) in [6, 6.07) is 8.49. The van der Waals surface area contributed by atoms with Crippen LogP contribution < -0.4 is 16.0 Å². The van der Waals surface area contributed by atoms with Crippen LogP contribution in [0.4, 0.5) is 19.3 Å². The lowest BCUT2D eigenvalue weighted by Gasteiger charge is -2.32. The first-order chi connectivity index (χ1) is 21.9. The number of hydrogen-bond donors (Lipinski definition) is 4. The second-order valence-corrected chi connectivity index (χ2v) is 12.6. The molecule has 0 radical (unpaired) electrons. The molecule has 1 fully saturated rings. The highest BCUT2D eigenvalue weighted by Gasteiger charge is 2.51. The Labute approximate surface area is 271 Å². The number of aromatic carboxylic acids is 1. The summed E-state index contributed by atoms with van der Waals surface area (Å²) < 4.78 is 36.1. The molecule has 2 unspecified atom stereocenters. The van der Waals surface area contributed by atoms with Crippen molar-refractivity contribution >= 4 is 41.3 Å². The minimum atomic E-state index is -4.64. The van der Waals surface area contributed by atoms with Crippen LogP contribution in [0, 0.1) is 5.92 Å². The summed E-state index contributed by atoms with van der Waals surface area (Å²) in [7, 11) is 0. The Hall–Kier alpha value is -4.88. The number of hydrogen-bond acceptors (Lipinski definition) is 7. The van der Waals surface area contributed by atoms with E-state index >= 15 is 8.78 Å². The van der Waals surface area contributed by atoms with Crippen molar-refractivity contribution in [2.24, 2.45) is 5.92 Å². The average molecular weight is 659 g/mol. The topological polar surface area (TPSA) is 171 Å². The normalized spacial score (nSPS) is 16.2. The van der Waals surface area contributed by atoms with E-state index in [1.54, 1.807) is 65.0 Å². The van der Waals surface area contributed by atoms with Crippen LogP contribution >= 0.6 is 0 Å². The van der Waals surface area contributed by atoms with E-state index in [1.807, 2.05) is 5.32 Å². The summed E-state index contributed by atoms with van der Waals surface area (Å²) in [4.78, 5) is 78.1. The van der Waals surface area contributed by atoms with Gasteiger partial charge in [-0.1, -0.05) is 50.2 Å². The van der Waals surface area contributed by atoms with E-state index in [0.717, 1.165) is 6.07 Å². The number of carbonyl (C=O) groups excluding carboxylic acids is 5. The van der Waals surface area contributed by atoms with Crippen LogP contribution in [0.3, 0.4) is 0 Å². The number of carboxylic acid groups (broad SMARTS) is 1. The first-order valence-corrected chi connectivity index (χ1v) is 15.1. The summed E-state index contributed by atoms with van der Waals surface area (Å²) >= 11 is 0. The SMILES string of the molecule is CC(C)C(NC(=O)OC(C)(C)C)C(=O)N1CCC[C@H]1C(=O)NC(Cc1ccccc1)C(=O)C(F)(F)C(=O)Nc1cccc(C(=O)O)c1. The van der Waals surface area contributed by atoms with Gasteiger partial charge in [-0.3, -0.25) is 19.2 Å². The number of benzene rings is 2. The van der Waals surface area contributed by atoms with Gasteiger partial charge >= 0.3 is 23.9 Å². The maximum Gasteiger partial charge on any atom is 0.408 e. The number of Topliss-reactive ketones (excluding diaryl/α,β-unsaturated/α-hetero) is 1. The van der Waals surface area contributed by atoms with Crippen LogP contribution in [0.1, 0.15) is 63.4 Å². The standard InChI is InChI=1S/C33H40F2N4O8/c1-19(2)25(38-31(46)47-32(3,4)5)28(42)39-16-10-15-24(39)27(41)37-23(17-20-11-7-6-8-12-20)26(40)33(34,35)30(45)36-22-14-9-13-21(18-22)29(43)44/h6-9,11-14,18-19,23-25H,10,15-17H2,1-5H3,(H,36,45)(H,37,41)(H,38,46)(H,43,44)/t23?,24-,25?/m0/s1. The van der Waals surface area contributed by atoms with Crippen molar-refractivity contribution in [3.8, 4) is 0 Å². The van der Waals surface area contributed by atoms with Crippen molar-refractivity contribution in [3.63, 3.8) is 0 Å². The molecule has 0 spiro atoms. The number of carboxylic acids is 1. The zero-order valence-corrected chi connectivity index (χ0v) is 26.8. The molecule has 14 heteroatoms. The molecule has 47 heavy (non-hydrogen) atoms. The number of carbonyl (C=O) groups is 6. The van der Waals surface area contributed by atoms with Crippen LogP contribution in [0.25, 0.3) is 0 Å². The molecule has 1 aliphatic heterocycles. The summed E-state index contributed by atoms with van der Waals surface area (Å²) in [6.07, 6.45) is -0.656. The van der Waals surface area contributed by atoms with Gasteiger partial charge in [0.2, 0.25) is 17.6 Å². The van der Waals surface area contributed by atoms with Crippen molar-refractivity contribution in [1.82, 2.24) is 15.5 Å². The number of rotatable bonds is 12. The lowest BCUT2D eigenvalue weighted by molar-refractivity contribution is -0.157. The van der Waals surface area contributed by atoms with Crippen molar-refractivity contribution in [2.45, 2.75) is 83.5 Å². The van der Waals surface area contributed by atoms with Crippen LogP contribution in [-0.2, 0) is 30.3 Å². The fraction of sp³-hybridized carbons (Fsp3) is 0.455. The molecular weight excluding hydrogens is 618 g/mol. The first kappa shape index (κ1) is 36.6. The fourth-order valence-corrected chi connectivity index (χ4v) is 5.03. The van der Waals surface area contributed by atoms with Gasteiger partial charge in [0.25, 0.3) is 0 Å². The van der Waals surface area contributed by atoms with Gasteiger partial charge in [-0.15, -0.1) is 0 Å². The quantitative estimate of drug-likeness (QED) is 0.250. The Morgan fingerprint density at radius 2 is 1.64 bits per heavy atom. The second kappa shape index (κ2) is 15.1. The predicted octanol–water partition coefficient (Wildman–Crippen LogP) is 3.80. The maximum atomic E-state index is 15.4. The number of amides is 4. The predicted molar refractivity (Wildman–Crippen MR) is 167 cm³/mol. The Morgan fingerprint density at radius 1 is 0.979 bits per heavy atom. The molecule has 2 aromatic rings. The Balaban J connectivity index is 1.83. The van der Waals surface area contributed by atoms with Crippen LogP contribution in [-0.4, -0.2) is 81.8 Å². The highest BCUT2D eigenvalue weighted by atomic mass is 19.3. The first-order valence-electron chi connectivity index (χ1n) is 15.1. The largest absolute Gasteiger partial charge is 0.478 e. The molecule has 3 atom stereocenters. The zero-order valence-electron chi connectivity index (χ0n) is 26.8. The molecule has 1 saturated heterocycles. The summed E-state index contributed by atoms with van der Waals surface area (Å²) in [5.74, 6) is -11.8. The lowest BCUT2D eigenvalue weighted by Crippen LogP contribution is -2.59. The van der Waals surface area contributed by atoms with E-state index in [2.05, 4.69) is 10.6 Å².